The van der Waals surface area contributed by atoms with Gasteiger partial charge < -0.3 is 9.84 Å². The zero-order valence-corrected chi connectivity index (χ0v) is 17.4. The number of benzene rings is 2. The zero-order chi connectivity index (χ0) is 23.0. The summed E-state index contributed by atoms with van der Waals surface area (Å²) < 4.78 is 41.4. The van der Waals surface area contributed by atoms with Gasteiger partial charge in [-0.1, -0.05) is 35.9 Å². The van der Waals surface area contributed by atoms with Crippen molar-refractivity contribution in [2.45, 2.75) is 19.3 Å². The molecule has 0 spiro atoms. The number of alkyl halides is 3. The molecule has 0 radical (unpaired) electrons. The van der Waals surface area contributed by atoms with E-state index in [9.17, 15) is 27.9 Å². The lowest BCUT2D eigenvalue weighted by molar-refractivity contribution is -0.274. The molecule has 1 unspecified atom stereocenters. The zero-order valence-electron chi connectivity index (χ0n) is 16.6. The number of carbonyl (C=O) groups is 2. The molecule has 0 aliphatic carbocycles. The van der Waals surface area contributed by atoms with Crippen LogP contribution in [0.1, 0.15) is 26.8 Å². The van der Waals surface area contributed by atoms with Crippen molar-refractivity contribution >= 4 is 28.7 Å². The van der Waals surface area contributed by atoms with Crippen molar-refractivity contribution in [3.05, 3.63) is 93.4 Å². The van der Waals surface area contributed by atoms with Crippen LogP contribution in [0.4, 0.5) is 18.9 Å². The first-order chi connectivity index (χ1) is 15.2. The van der Waals surface area contributed by atoms with Crippen molar-refractivity contribution in [2.75, 3.05) is 4.90 Å². The van der Waals surface area contributed by atoms with Gasteiger partial charge in [0.25, 0.3) is 5.91 Å². The first-order valence-corrected chi connectivity index (χ1v) is 10.3. The van der Waals surface area contributed by atoms with Crippen molar-refractivity contribution in [1.82, 2.24) is 0 Å². The fourth-order valence-electron chi connectivity index (χ4n) is 3.61. The van der Waals surface area contributed by atoms with Crippen molar-refractivity contribution in [3.8, 4) is 5.75 Å². The maximum atomic E-state index is 13.2. The Morgan fingerprint density at radius 1 is 1.09 bits per heavy atom. The molecular weight excluding hydrogens is 443 g/mol. The lowest BCUT2D eigenvalue weighted by Crippen LogP contribution is -2.31. The third kappa shape index (κ3) is 4.11. The van der Waals surface area contributed by atoms with Crippen LogP contribution in [0.5, 0.6) is 5.75 Å². The number of halogens is 3. The van der Waals surface area contributed by atoms with Gasteiger partial charge in [0.1, 0.15) is 5.75 Å². The highest BCUT2D eigenvalue weighted by atomic mass is 32.1. The topological polar surface area (TPSA) is 66.8 Å². The molecule has 1 N–H and O–H groups in total. The fourth-order valence-corrected chi connectivity index (χ4v) is 4.29. The Hall–Kier alpha value is -3.59. The highest BCUT2D eigenvalue weighted by Gasteiger charge is 2.45. The number of ketones is 1. The maximum Gasteiger partial charge on any atom is 0.573 e. The minimum atomic E-state index is -4.85. The molecule has 2 aromatic carbocycles. The number of amides is 1. The molecule has 1 amide bonds. The minimum Gasteiger partial charge on any atom is -0.503 e. The number of anilines is 1. The summed E-state index contributed by atoms with van der Waals surface area (Å²) in [6.45, 7) is 1.85. The van der Waals surface area contributed by atoms with E-state index in [2.05, 4.69) is 4.74 Å². The minimum absolute atomic E-state index is 0.0846. The number of hydrogen-bond acceptors (Lipinski definition) is 5. The number of aryl methyl sites for hydroxylation is 1. The summed E-state index contributed by atoms with van der Waals surface area (Å²) in [6.07, 6.45) is -4.85. The lowest BCUT2D eigenvalue weighted by atomic mass is 9.94. The highest BCUT2D eigenvalue weighted by Crippen LogP contribution is 2.43. The second kappa shape index (κ2) is 8.16. The van der Waals surface area contributed by atoms with Crippen LogP contribution in [0, 0.1) is 6.92 Å². The van der Waals surface area contributed by atoms with Crippen LogP contribution in [0.2, 0.25) is 0 Å². The Bertz CT molecular complexity index is 1200. The quantitative estimate of drug-likeness (QED) is 0.495. The molecule has 32 heavy (non-hydrogen) atoms. The van der Waals surface area contributed by atoms with Gasteiger partial charge in [-0.15, -0.1) is 24.5 Å². The number of ether oxygens (including phenoxy) is 1. The number of thiophene rings is 1. The molecule has 1 aliphatic rings. The maximum absolute atomic E-state index is 13.2. The van der Waals surface area contributed by atoms with E-state index >= 15 is 0 Å². The Kier molecular flexibility index (Phi) is 5.52. The van der Waals surface area contributed by atoms with Crippen LogP contribution in [0.3, 0.4) is 0 Å². The van der Waals surface area contributed by atoms with E-state index in [1.54, 1.807) is 35.7 Å². The molecular formula is C23H16F3NO4S. The number of aliphatic hydroxyl groups excluding tert-OH is 1. The number of rotatable bonds is 5. The number of nitrogens with zero attached hydrogens (tertiary/aromatic N) is 1. The summed E-state index contributed by atoms with van der Waals surface area (Å²) in [6, 6.07) is 14.1. The predicted octanol–water partition coefficient (Wildman–Crippen LogP) is 5.74. The van der Waals surface area contributed by atoms with E-state index in [1.165, 1.54) is 28.4 Å². The van der Waals surface area contributed by atoms with Gasteiger partial charge in [0, 0.05) is 5.69 Å². The summed E-state index contributed by atoms with van der Waals surface area (Å²) in [4.78, 5) is 27.8. The molecule has 164 valence electrons. The fraction of sp³-hybridized carbons (Fsp3) is 0.130. The van der Waals surface area contributed by atoms with Crippen molar-refractivity contribution in [3.63, 3.8) is 0 Å². The van der Waals surface area contributed by atoms with E-state index < -0.39 is 35.6 Å². The SMILES string of the molecule is Cc1cccc(C2C(C(=O)c3cccs3)=C(O)C(=O)N2c2ccc(OC(F)(F)F)cc2)c1. The van der Waals surface area contributed by atoms with Gasteiger partial charge in [-0.2, -0.15) is 0 Å². The van der Waals surface area contributed by atoms with Crippen molar-refractivity contribution in [1.29, 1.82) is 0 Å². The first kappa shape index (κ1) is 21.6. The molecule has 0 bridgehead atoms. The van der Waals surface area contributed by atoms with Gasteiger partial charge in [0.2, 0.25) is 5.78 Å². The number of carbonyl (C=O) groups excluding carboxylic acids is 2. The van der Waals surface area contributed by atoms with Crippen molar-refractivity contribution < 1.29 is 32.6 Å². The molecule has 3 aromatic rings. The highest BCUT2D eigenvalue weighted by molar-refractivity contribution is 7.12. The predicted molar refractivity (Wildman–Crippen MR) is 113 cm³/mol. The molecule has 4 rings (SSSR count). The molecule has 0 fully saturated rings. The average Bonchev–Trinajstić information content (AvgIpc) is 3.35. The Morgan fingerprint density at radius 2 is 1.81 bits per heavy atom. The normalized spacial score (nSPS) is 16.6. The standard InChI is InChI=1S/C23H16F3NO4S/c1-13-4-2-5-14(12-13)19-18(20(28)17-6-3-11-32-17)21(29)22(30)27(19)15-7-9-16(10-8-15)31-23(24,25)26/h2-12,19,29H,1H3. The monoisotopic (exact) mass is 459 g/mol. The Morgan fingerprint density at radius 3 is 2.41 bits per heavy atom. The van der Waals surface area contributed by atoms with E-state index in [4.69, 9.17) is 0 Å². The van der Waals surface area contributed by atoms with E-state index in [-0.39, 0.29) is 11.3 Å². The van der Waals surface area contributed by atoms with Crippen LogP contribution in [-0.2, 0) is 4.79 Å². The summed E-state index contributed by atoms with van der Waals surface area (Å²) in [7, 11) is 0. The summed E-state index contributed by atoms with van der Waals surface area (Å²) in [5.74, 6) is -2.45. The Balaban J connectivity index is 1.80. The second-order valence-electron chi connectivity index (χ2n) is 7.10. The van der Waals surface area contributed by atoms with Gasteiger partial charge in [0.05, 0.1) is 16.5 Å². The summed E-state index contributed by atoms with van der Waals surface area (Å²) >= 11 is 1.18. The van der Waals surface area contributed by atoms with Crippen LogP contribution in [-0.4, -0.2) is 23.2 Å². The second-order valence-corrected chi connectivity index (χ2v) is 8.05. The van der Waals surface area contributed by atoms with Crippen LogP contribution < -0.4 is 9.64 Å². The Labute approximate surface area is 185 Å². The van der Waals surface area contributed by atoms with E-state index in [0.717, 1.165) is 17.7 Å². The third-order valence-electron chi connectivity index (χ3n) is 4.90. The number of Topliss-reactive ketones (excluding diaryl/α,β-unsaturated/α-hetero) is 1. The van der Waals surface area contributed by atoms with E-state index in [0.29, 0.717) is 10.4 Å². The molecule has 5 nitrogen and oxygen atoms in total. The first-order valence-electron chi connectivity index (χ1n) is 9.43. The molecule has 0 saturated carbocycles. The molecule has 1 aliphatic heterocycles. The number of hydrogen-bond donors (Lipinski definition) is 1. The molecule has 1 aromatic heterocycles. The summed E-state index contributed by atoms with van der Waals surface area (Å²) in [5.41, 5.74) is 1.58. The number of aliphatic hydroxyl groups is 1. The molecule has 9 heteroatoms. The lowest BCUT2D eigenvalue weighted by Gasteiger charge is -2.27. The van der Waals surface area contributed by atoms with Crippen LogP contribution >= 0.6 is 11.3 Å². The van der Waals surface area contributed by atoms with Gasteiger partial charge in [-0.25, -0.2) is 0 Å². The van der Waals surface area contributed by atoms with Crippen LogP contribution in [0.15, 0.2) is 77.4 Å². The van der Waals surface area contributed by atoms with Crippen molar-refractivity contribution in [2.24, 2.45) is 0 Å². The van der Waals surface area contributed by atoms with Crippen LogP contribution in [0.25, 0.3) is 0 Å². The molecule has 0 saturated heterocycles. The van der Waals surface area contributed by atoms with Gasteiger partial charge in [-0.05, 0) is 48.2 Å². The largest absolute Gasteiger partial charge is 0.573 e. The molecule has 1 atom stereocenters. The van der Waals surface area contributed by atoms with Gasteiger partial charge >= 0.3 is 6.36 Å². The van der Waals surface area contributed by atoms with Gasteiger partial charge in [-0.3, -0.25) is 14.5 Å². The summed E-state index contributed by atoms with van der Waals surface area (Å²) in [5, 5.41) is 12.4. The third-order valence-corrected chi connectivity index (χ3v) is 5.77. The van der Waals surface area contributed by atoms with Gasteiger partial charge in [0.15, 0.2) is 5.76 Å². The molecule has 2 heterocycles. The average molecular weight is 459 g/mol. The smallest absolute Gasteiger partial charge is 0.503 e. The van der Waals surface area contributed by atoms with E-state index in [1.807, 2.05) is 13.0 Å².